The number of amides is 1. The van der Waals surface area contributed by atoms with E-state index in [0.29, 0.717) is 18.8 Å². The lowest BCUT2D eigenvalue weighted by molar-refractivity contribution is 0.0634. The summed E-state index contributed by atoms with van der Waals surface area (Å²) >= 11 is 0. The Labute approximate surface area is 141 Å². The van der Waals surface area contributed by atoms with Gasteiger partial charge in [0.1, 0.15) is 0 Å². The molecule has 3 rings (SSSR count). The van der Waals surface area contributed by atoms with Gasteiger partial charge in [-0.2, -0.15) is 5.10 Å². The number of nitrogens with zero attached hydrogens (tertiary/aromatic N) is 4. The Morgan fingerprint density at radius 2 is 1.79 bits per heavy atom. The number of aromatic nitrogens is 2. The molecule has 0 radical (unpaired) electrons. The fourth-order valence-electron chi connectivity index (χ4n) is 2.94. The second-order valence-corrected chi connectivity index (χ2v) is 5.97. The van der Waals surface area contributed by atoms with Gasteiger partial charge in [-0.3, -0.25) is 9.59 Å². The van der Waals surface area contributed by atoms with Gasteiger partial charge in [0.05, 0.1) is 5.69 Å². The van der Waals surface area contributed by atoms with Gasteiger partial charge < -0.3 is 9.80 Å². The van der Waals surface area contributed by atoms with Gasteiger partial charge in [0, 0.05) is 37.9 Å². The Balaban J connectivity index is 1.91. The summed E-state index contributed by atoms with van der Waals surface area (Å²) in [5.74, 6) is -0.277. The molecule has 24 heavy (non-hydrogen) atoms. The number of likely N-dealkylation sites (N-methyl/N-ethyl adjacent to an activating group) is 1. The van der Waals surface area contributed by atoms with Crippen LogP contribution in [0.3, 0.4) is 0 Å². The summed E-state index contributed by atoms with van der Waals surface area (Å²) in [5.41, 5.74) is 1.22. The third-order valence-electron chi connectivity index (χ3n) is 4.42. The molecule has 6 heteroatoms. The van der Waals surface area contributed by atoms with Gasteiger partial charge in [0.2, 0.25) is 5.43 Å². The number of carbonyl (C=O) groups excluding carboxylic acids is 1. The maximum atomic E-state index is 12.7. The van der Waals surface area contributed by atoms with Crippen molar-refractivity contribution in [2.45, 2.75) is 13.8 Å². The maximum Gasteiger partial charge on any atom is 0.278 e. The van der Waals surface area contributed by atoms with Crippen molar-refractivity contribution in [1.29, 1.82) is 0 Å². The second kappa shape index (κ2) is 6.97. The minimum atomic E-state index is -0.317. The van der Waals surface area contributed by atoms with E-state index in [9.17, 15) is 9.59 Å². The molecule has 1 aromatic heterocycles. The van der Waals surface area contributed by atoms with E-state index in [1.54, 1.807) is 9.58 Å². The van der Waals surface area contributed by atoms with Gasteiger partial charge in [-0.05, 0) is 25.6 Å². The van der Waals surface area contributed by atoms with Crippen molar-refractivity contribution >= 4 is 5.91 Å². The molecule has 0 aliphatic carbocycles. The van der Waals surface area contributed by atoms with Crippen LogP contribution in [0.4, 0.5) is 0 Å². The number of hydrogen-bond donors (Lipinski definition) is 0. The zero-order chi connectivity index (χ0) is 17.1. The Hall–Kier alpha value is -2.47. The first-order chi connectivity index (χ1) is 11.6. The number of aryl methyl sites for hydroxylation is 1. The second-order valence-electron chi connectivity index (χ2n) is 5.97. The predicted molar refractivity (Wildman–Crippen MR) is 92.6 cm³/mol. The van der Waals surface area contributed by atoms with E-state index in [1.807, 2.05) is 37.3 Å². The summed E-state index contributed by atoms with van der Waals surface area (Å²) in [7, 11) is 0. The van der Waals surface area contributed by atoms with Crippen molar-refractivity contribution in [1.82, 2.24) is 19.6 Å². The summed E-state index contributed by atoms with van der Waals surface area (Å²) in [6, 6.07) is 11.0. The molecule has 1 aromatic carbocycles. The van der Waals surface area contributed by atoms with E-state index >= 15 is 0 Å². The number of rotatable bonds is 3. The van der Waals surface area contributed by atoms with Gasteiger partial charge in [-0.1, -0.05) is 25.1 Å². The smallest absolute Gasteiger partial charge is 0.278 e. The van der Waals surface area contributed by atoms with Gasteiger partial charge >= 0.3 is 0 Å². The lowest BCUT2D eigenvalue weighted by atomic mass is 10.2. The number of benzene rings is 1. The fraction of sp³-hybridized carbons (Fsp3) is 0.389. The van der Waals surface area contributed by atoms with Crippen LogP contribution >= 0.6 is 0 Å². The van der Waals surface area contributed by atoms with Crippen LogP contribution in [0.25, 0.3) is 5.69 Å². The lowest BCUT2D eigenvalue weighted by Crippen LogP contribution is -2.49. The SMILES string of the molecule is CCN1CCN(C(=O)c2nn(-c3ccccc3)c(C)cc2=O)CC1. The van der Waals surface area contributed by atoms with Gasteiger partial charge in [0.25, 0.3) is 5.91 Å². The van der Waals surface area contributed by atoms with Crippen LogP contribution < -0.4 is 5.43 Å². The van der Waals surface area contributed by atoms with E-state index in [-0.39, 0.29) is 17.0 Å². The molecule has 0 spiro atoms. The molecule has 2 aromatic rings. The summed E-state index contributed by atoms with van der Waals surface area (Å²) in [5, 5.41) is 4.36. The van der Waals surface area contributed by atoms with Crippen LogP contribution in [0.2, 0.25) is 0 Å². The van der Waals surface area contributed by atoms with Gasteiger partial charge in [-0.25, -0.2) is 4.68 Å². The highest BCUT2D eigenvalue weighted by Gasteiger charge is 2.25. The molecule has 6 nitrogen and oxygen atoms in total. The fourth-order valence-corrected chi connectivity index (χ4v) is 2.94. The standard InChI is InChI=1S/C18H22N4O2/c1-3-20-9-11-21(12-10-20)18(24)17-16(23)13-14(2)22(19-17)15-7-5-4-6-8-15/h4-8,13H,3,9-12H2,1-2H3. The molecule has 1 saturated heterocycles. The van der Waals surface area contributed by atoms with Crippen molar-refractivity contribution in [2.75, 3.05) is 32.7 Å². The average Bonchev–Trinajstić information content (AvgIpc) is 2.62. The Bertz CT molecular complexity index is 777. The number of piperazine rings is 1. The minimum absolute atomic E-state index is 0.00518. The molecular weight excluding hydrogens is 304 g/mol. The highest BCUT2D eigenvalue weighted by atomic mass is 16.2. The molecule has 2 heterocycles. The molecule has 1 amide bonds. The molecule has 0 bridgehead atoms. The van der Waals surface area contributed by atoms with Crippen molar-refractivity contribution in [2.24, 2.45) is 0 Å². The largest absolute Gasteiger partial charge is 0.335 e. The van der Waals surface area contributed by atoms with Gasteiger partial charge in [-0.15, -0.1) is 0 Å². The summed E-state index contributed by atoms with van der Waals surface area (Å²) in [6.45, 7) is 7.83. The zero-order valence-electron chi connectivity index (χ0n) is 14.1. The highest BCUT2D eigenvalue weighted by molar-refractivity contribution is 5.92. The molecule has 0 N–H and O–H groups in total. The zero-order valence-corrected chi connectivity index (χ0v) is 14.1. The quantitative estimate of drug-likeness (QED) is 0.853. The van der Waals surface area contributed by atoms with E-state index in [0.717, 1.165) is 25.3 Å². The Morgan fingerprint density at radius 1 is 1.12 bits per heavy atom. The predicted octanol–water partition coefficient (Wildman–Crippen LogP) is 1.32. The van der Waals surface area contributed by atoms with E-state index in [4.69, 9.17) is 0 Å². The first-order valence-electron chi connectivity index (χ1n) is 8.28. The third-order valence-corrected chi connectivity index (χ3v) is 4.42. The molecule has 0 atom stereocenters. The van der Waals surface area contributed by atoms with Crippen LogP contribution in [0.1, 0.15) is 23.1 Å². The summed E-state index contributed by atoms with van der Waals surface area (Å²) in [6.07, 6.45) is 0. The Kier molecular flexibility index (Phi) is 4.76. The van der Waals surface area contributed by atoms with Crippen LogP contribution in [0, 0.1) is 6.92 Å². The molecule has 0 saturated carbocycles. The number of hydrogen-bond acceptors (Lipinski definition) is 4. The molecule has 1 fully saturated rings. The molecule has 1 aliphatic rings. The topological polar surface area (TPSA) is 58.4 Å². The molecular formula is C18H22N4O2. The number of para-hydroxylation sites is 1. The number of carbonyl (C=O) groups is 1. The van der Waals surface area contributed by atoms with Crippen molar-refractivity contribution in [3.63, 3.8) is 0 Å². The van der Waals surface area contributed by atoms with E-state index in [2.05, 4.69) is 16.9 Å². The average molecular weight is 326 g/mol. The third kappa shape index (κ3) is 3.23. The Morgan fingerprint density at radius 3 is 2.42 bits per heavy atom. The lowest BCUT2D eigenvalue weighted by Gasteiger charge is -2.33. The molecule has 0 unspecified atom stereocenters. The first kappa shape index (κ1) is 16.4. The first-order valence-corrected chi connectivity index (χ1v) is 8.28. The highest BCUT2D eigenvalue weighted by Crippen LogP contribution is 2.10. The minimum Gasteiger partial charge on any atom is -0.335 e. The summed E-state index contributed by atoms with van der Waals surface area (Å²) < 4.78 is 1.65. The van der Waals surface area contributed by atoms with E-state index < -0.39 is 0 Å². The van der Waals surface area contributed by atoms with Crippen LogP contribution in [-0.4, -0.2) is 58.2 Å². The van der Waals surface area contributed by atoms with E-state index in [1.165, 1.54) is 6.07 Å². The van der Waals surface area contributed by atoms with Crippen molar-refractivity contribution < 1.29 is 4.79 Å². The monoisotopic (exact) mass is 326 g/mol. The molecule has 126 valence electrons. The van der Waals surface area contributed by atoms with Crippen LogP contribution in [0.5, 0.6) is 0 Å². The van der Waals surface area contributed by atoms with Gasteiger partial charge in [0.15, 0.2) is 5.69 Å². The van der Waals surface area contributed by atoms with Crippen molar-refractivity contribution in [3.8, 4) is 5.69 Å². The van der Waals surface area contributed by atoms with Crippen LogP contribution in [0.15, 0.2) is 41.2 Å². The van der Waals surface area contributed by atoms with Crippen LogP contribution in [-0.2, 0) is 0 Å². The summed E-state index contributed by atoms with van der Waals surface area (Å²) in [4.78, 5) is 29.0. The maximum absolute atomic E-state index is 12.7. The van der Waals surface area contributed by atoms with Crippen molar-refractivity contribution in [3.05, 3.63) is 58.0 Å². The molecule has 1 aliphatic heterocycles. The normalized spacial score (nSPS) is 15.5.